The van der Waals surface area contributed by atoms with Crippen molar-refractivity contribution < 1.29 is 44.4 Å². The normalized spacial score (nSPS) is 14.7. The van der Waals surface area contributed by atoms with Crippen molar-refractivity contribution in [3.8, 4) is 11.5 Å². The molecule has 9 N–H and O–H groups in total. The van der Waals surface area contributed by atoms with Gasteiger partial charge in [-0.3, -0.25) is 19.2 Å². The Morgan fingerprint density at radius 1 is 0.750 bits per heavy atom. The zero-order chi connectivity index (χ0) is 39.0. The van der Waals surface area contributed by atoms with Crippen LogP contribution in [0.1, 0.15) is 70.4 Å². The Hall–Kier alpha value is -4.40. The Morgan fingerprint density at radius 2 is 1.27 bits per heavy atom. The van der Waals surface area contributed by atoms with Crippen molar-refractivity contribution in [1.82, 2.24) is 20.9 Å². The lowest BCUT2D eigenvalue weighted by Gasteiger charge is -2.33. The topological polar surface area (TPSA) is 232 Å². The summed E-state index contributed by atoms with van der Waals surface area (Å²) >= 11 is 5.69. The van der Waals surface area contributed by atoms with Crippen LogP contribution in [0.5, 0.6) is 11.5 Å². The number of alkyl halides is 1. The molecular weight excluding hydrogens is 694 g/mol. The van der Waals surface area contributed by atoms with E-state index in [0.717, 1.165) is 37.0 Å². The van der Waals surface area contributed by atoms with Gasteiger partial charge in [0.2, 0.25) is 17.7 Å². The van der Waals surface area contributed by atoms with E-state index in [1.165, 1.54) is 50.4 Å². The summed E-state index contributed by atoms with van der Waals surface area (Å²) in [5, 5.41) is 47.4. The summed E-state index contributed by atoms with van der Waals surface area (Å²) in [5.41, 5.74) is 7.14. The van der Waals surface area contributed by atoms with Crippen LogP contribution < -0.4 is 21.7 Å². The molecule has 0 spiro atoms. The number of hydrogen-bond donors (Lipinski definition) is 8. The Balaban J connectivity index is 2.17. The van der Waals surface area contributed by atoms with Crippen molar-refractivity contribution in [3.05, 3.63) is 59.7 Å². The number of carbonyl (C=O) groups excluding carboxylic acids is 4. The highest BCUT2D eigenvalue weighted by Crippen LogP contribution is 2.17. The first-order valence-corrected chi connectivity index (χ1v) is 18.0. The highest BCUT2D eigenvalue weighted by atomic mass is 35.5. The molecule has 0 heterocycles. The number of unbranched alkanes of at least 4 members (excludes halogenated alkanes) is 4. The van der Waals surface area contributed by atoms with Gasteiger partial charge < -0.3 is 47.0 Å². The van der Waals surface area contributed by atoms with E-state index >= 15 is 0 Å². The van der Waals surface area contributed by atoms with Crippen LogP contribution in [0.25, 0.3) is 0 Å². The molecule has 2 aromatic carbocycles. The standard InChI is InChI=1S/C37H54ClN5O9/c1-22(2)31(42-33(47)23(3)40-35(49)32(46)28(39)10-8-6-5-7-9-19-38)36(50)43(4)30(21-25-13-17-27(45)18-14-25)34(48)41-29(37(51)52)20-24-11-15-26(44)16-12-24/h11-18,22-23,28-32,44-46H,5-10,19-21,39H2,1-4H3,(H,40,49)(H,41,48)(H,42,47)(H,51,52). The Morgan fingerprint density at radius 3 is 1.79 bits per heavy atom. The monoisotopic (exact) mass is 747 g/mol. The average Bonchev–Trinajstić information content (AvgIpc) is 3.10. The number of phenolic OH excluding ortho intramolecular Hbond substituents is 2. The average molecular weight is 748 g/mol. The summed E-state index contributed by atoms with van der Waals surface area (Å²) in [6.45, 7) is 4.77. The molecule has 15 heteroatoms. The van der Waals surface area contributed by atoms with Crippen LogP contribution in [0.4, 0.5) is 0 Å². The number of phenols is 2. The number of nitrogens with zero attached hydrogens (tertiary/aromatic N) is 1. The van der Waals surface area contributed by atoms with Gasteiger partial charge in [0.1, 0.15) is 41.8 Å². The highest BCUT2D eigenvalue weighted by molar-refractivity contribution is 6.17. The van der Waals surface area contributed by atoms with Crippen LogP contribution in [0, 0.1) is 5.92 Å². The molecule has 6 atom stereocenters. The maximum absolute atomic E-state index is 14.0. The largest absolute Gasteiger partial charge is 0.508 e. The number of carboxylic acid groups (broad SMARTS) is 1. The van der Waals surface area contributed by atoms with E-state index in [4.69, 9.17) is 17.3 Å². The van der Waals surface area contributed by atoms with E-state index in [1.807, 2.05) is 0 Å². The molecule has 0 aliphatic heterocycles. The number of halogens is 1. The second-order valence-electron chi connectivity index (χ2n) is 13.4. The fraction of sp³-hybridized carbons (Fsp3) is 0.541. The Labute approximate surface area is 310 Å². The van der Waals surface area contributed by atoms with Crippen LogP contribution in [-0.4, -0.2) is 104 Å². The number of nitrogens with two attached hydrogens (primary N) is 1. The number of aliphatic hydroxyl groups is 1. The Bertz CT molecular complexity index is 1460. The van der Waals surface area contributed by atoms with Crippen LogP contribution in [0.3, 0.4) is 0 Å². The van der Waals surface area contributed by atoms with Crippen molar-refractivity contribution >= 4 is 41.2 Å². The molecule has 0 saturated carbocycles. The predicted octanol–water partition coefficient (Wildman–Crippen LogP) is 2.19. The van der Waals surface area contributed by atoms with E-state index in [1.54, 1.807) is 26.0 Å². The molecule has 0 aliphatic rings. The first-order chi connectivity index (χ1) is 24.5. The number of benzene rings is 2. The third-order valence-electron chi connectivity index (χ3n) is 8.80. The highest BCUT2D eigenvalue weighted by Gasteiger charge is 2.36. The summed E-state index contributed by atoms with van der Waals surface area (Å²) in [5.74, 6) is -4.18. The molecular formula is C37H54ClN5O9. The van der Waals surface area contributed by atoms with Gasteiger partial charge in [0, 0.05) is 31.8 Å². The van der Waals surface area contributed by atoms with Crippen LogP contribution >= 0.6 is 11.6 Å². The molecule has 52 heavy (non-hydrogen) atoms. The molecule has 6 unspecified atom stereocenters. The summed E-state index contributed by atoms with van der Waals surface area (Å²) in [7, 11) is 1.37. The van der Waals surface area contributed by atoms with Gasteiger partial charge in [-0.1, -0.05) is 63.8 Å². The van der Waals surface area contributed by atoms with Gasteiger partial charge >= 0.3 is 5.97 Å². The number of amides is 4. The lowest BCUT2D eigenvalue weighted by molar-refractivity contribution is -0.145. The fourth-order valence-electron chi connectivity index (χ4n) is 5.48. The third-order valence-corrected chi connectivity index (χ3v) is 9.07. The van der Waals surface area contributed by atoms with E-state index in [9.17, 15) is 44.4 Å². The molecule has 4 amide bonds. The van der Waals surface area contributed by atoms with Crippen molar-refractivity contribution in [2.45, 2.75) is 108 Å². The fourth-order valence-corrected chi connectivity index (χ4v) is 5.67. The Kier molecular flexibility index (Phi) is 18.4. The van der Waals surface area contributed by atoms with Gasteiger partial charge in [0.15, 0.2) is 0 Å². The minimum absolute atomic E-state index is 0.00482. The zero-order valence-electron chi connectivity index (χ0n) is 30.3. The van der Waals surface area contributed by atoms with E-state index in [0.29, 0.717) is 23.4 Å². The first-order valence-electron chi connectivity index (χ1n) is 17.5. The van der Waals surface area contributed by atoms with Crippen molar-refractivity contribution in [1.29, 1.82) is 0 Å². The summed E-state index contributed by atoms with van der Waals surface area (Å²) in [6.07, 6.45) is 3.18. The molecule has 0 bridgehead atoms. The number of carboxylic acids is 1. The molecule has 0 fully saturated rings. The second-order valence-corrected chi connectivity index (χ2v) is 13.8. The summed E-state index contributed by atoms with van der Waals surface area (Å²) in [4.78, 5) is 67.1. The first kappa shape index (κ1) is 43.8. The molecule has 288 valence electrons. The number of aliphatic hydroxyl groups excluding tert-OH is 1. The molecule has 2 aromatic rings. The van der Waals surface area contributed by atoms with Gasteiger partial charge in [0.25, 0.3) is 5.91 Å². The molecule has 0 saturated heterocycles. The van der Waals surface area contributed by atoms with Crippen LogP contribution in [0.2, 0.25) is 0 Å². The maximum Gasteiger partial charge on any atom is 0.326 e. The third kappa shape index (κ3) is 14.3. The molecule has 2 rings (SSSR count). The zero-order valence-corrected chi connectivity index (χ0v) is 31.0. The second kappa shape index (κ2) is 21.8. The summed E-state index contributed by atoms with van der Waals surface area (Å²) < 4.78 is 0. The quantitative estimate of drug-likeness (QED) is 0.0646. The van der Waals surface area contributed by atoms with E-state index in [-0.39, 0.29) is 24.3 Å². The number of likely N-dealkylation sites (N-methyl/N-ethyl adjacent to an activating group) is 1. The predicted molar refractivity (Wildman–Crippen MR) is 197 cm³/mol. The van der Waals surface area contributed by atoms with E-state index < -0.39 is 71.8 Å². The minimum atomic E-state index is -1.55. The van der Waals surface area contributed by atoms with Gasteiger partial charge in [-0.15, -0.1) is 11.6 Å². The van der Waals surface area contributed by atoms with Gasteiger partial charge in [-0.2, -0.15) is 0 Å². The number of carbonyl (C=O) groups is 5. The van der Waals surface area contributed by atoms with Gasteiger partial charge in [0.05, 0.1) is 0 Å². The summed E-state index contributed by atoms with van der Waals surface area (Å²) in [6, 6.07) is 6.04. The van der Waals surface area contributed by atoms with Gasteiger partial charge in [-0.05, 0) is 61.1 Å². The number of aromatic hydroxyl groups is 2. The van der Waals surface area contributed by atoms with Crippen LogP contribution in [-0.2, 0) is 36.8 Å². The molecule has 0 aliphatic carbocycles. The van der Waals surface area contributed by atoms with Gasteiger partial charge in [-0.25, -0.2) is 4.79 Å². The van der Waals surface area contributed by atoms with Crippen molar-refractivity contribution in [2.24, 2.45) is 11.7 Å². The van der Waals surface area contributed by atoms with Crippen molar-refractivity contribution in [3.63, 3.8) is 0 Å². The number of rotatable bonds is 22. The lowest BCUT2D eigenvalue weighted by Crippen LogP contribution is -2.60. The molecule has 0 radical (unpaired) electrons. The maximum atomic E-state index is 14.0. The van der Waals surface area contributed by atoms with E-state index in [2.05, 4.69) is 16.0 Å². The molecule has 0 aromatic heterocycles. The number of hydrogen-bond acceptors (Lipinski definition) is 9. The smallest absolute Gasteiger partial charge is 0.326 e. The number of nitrogens with one attached hydrogen (secondary N) is 3. The lowest BCUT2D eigenvalue weighted by atomic mass is 9.98. The molecule has 14 nitrogen and oxygen atoms in total. The number of aliphatic carboxylic acids is 1. The SMILES string of the molecule is CC(NC(=O)C(O)C(N)CCCCCCCCl)C(=O)NC(C(=O)N(C)C(Cc1ccc(O)cc1)C(=O)NC(Cc1ccc(O)cc1)C(=O)O)C(C)C. The minimum Gasteiger partial charge on any atom is -0.508 e. The van der Waals surface area contributed by atoms with Crippen LogP contribution in [0.15, 0.2) is 48.5 Å². The van der Waals surface area contributed by atoms with Crippen molar-refractivity contribution in [2.75, 3.05) is 12.9 Å².